The highest BCUT2D eigenvalue weighted by Crippen LogP contribution is 2.36. The van der Waals surface area contributed by atoms with Crippen molar-refractivity contribution in [3.05, 3.63) is 5.01 Å². The van der Waals surface area contributed by atoms with E-state index in [1.165, 1.54) is 0 Å². The maximum atomic E-state index is 12.5. The molecular weight excluding hydrogens is 326 g/mol. The molecule has 0 saturated carbocycles. The van der Waals surface area contributed by atoms with Crippen LogP contribution in [0.2, 0.25) is 0 Å². The molecule has 2 rings (SSSR count). The number of anilines is 1. The molecule has 0 aromatic carbocycles. The molecule has 1 aliphatic rings. The molecule has 20 heavy (non-hydrogen) atoms. The normalized spacial score (nSPS) is 20.7. The molecule has 1 unspecified atom stereocenters. The molecule has 2 heterocycles. The zero-order valence-electron chi connectivity index (χ0n) is 9.59. The van der Waals surface area contributed by atoms with Gasteiger partial charge in [0.25, 0.3) is 0 Å². The molecule has 1 aromatic rings. The van der Waals surface area contributed by atoms with Crippen LogP contribution < -0.4 is 4.90 Å². The van der Waals surface area contributed by atoms with Gasteiger partial charge in [0.05, 0.1) is 5.75 Å². The van der Waals surface area contributed by atoms with Gasteiger partial charge in [-0.1, -0.05) is 11.3 Å². The number of nitrogens with zero attached hydrogens (tertiary/aromatic N) is 3. The number of amides is 1. The van der Waals surface area contributed by atoms with Gasteiger partial charge < -0.3 is 0 Å². The molecule has 6 nitrogen and oxygen atoms in total. The smallest absolute Gasteiger partial charge is 0.286 e. The molecule has 12 heteroatoms. The van der Waals surface area contributed by atoms with Crippen molar-refractivity contribution in [3.63, 3.8) is 0 Å². The Morgan fingerprint density at radius 2 is 2.00 bits per heavy atom. The Kier molecular flexibility index (Phi) is 3.71. The Bertz CT molecular complexity index is 627. The summed E-state index contributed by atoms with van der Waals surface area (Å²) in [5.74, 6) is -2.26. The average molecular weight is 333 g/mol. The van der Waals surface area contributed by atoms with Crippen LogP contribution in [0.15, 0.2) is 0 Å². The molecule has 112 valence electrons. The average Bonchev–Trinajstić information content (AvgIpc) is 2.81. The highest BCUT2D eigenvalue weighted by molar-refractivity contribution is 7.86. The standard InChI is InChI=1S/C8H7F4N3O3S2/c9-8(10,11)6-13-14-7(19-6)15-2-4(1-5(15)16)3-20(12,17)18/h4H,1-3H2. The van der Waals surface area contributed by atoms with Crippen LogP contribution in [0.5, 0.6) is 0 Å². The van der Waals surface area contributed by atoms with Gasteiger partial charge in [0, 0.05) is 18.9 Å². The number of halogens is 4. The maximum Gasteiger partial charge on any atom is 0.445 e. The van der Waals surface area contributed by atoms with Crippen molar-refractivity contribution in [2.45, 2.75) is 12.6 Å². The van der Waals surface area contributed by atoms with E-state index in [1.54, 1.807) is 0 Å². The number of hydrogen-bond donors (Lipinski definition) is 0. The molecule has 0 N–H and O–H groups in total. The van der Waals surface area contributed by atoms with Gasteiger partial charge in [-0.3, -0.25) is 9.69 Å². The number of hydrogen-bond acceptors (Lipinski definition) is 6. The number of alkyl halides is 3. The Morgan fingerprint density at radius 1 is 1.35 bits per heavy atom. The van der Waals surface area contributed by atoms with Crippen molar-refractivity contribution in [2.24, 2.45) is 5.92 Å². The zero-order valence-corrected chi connectivity index (χ0v) is 11.2. The van der Waals surface area contributed by atoms with Gasteiger partial charge >= 0.3 is 16.4 Å². The van der Waals surface area contributed by atoms with Crippen LogP contribution in [0.25, 0.3) is 0 Å². The van der Waals surface area contributed by atoms with Crippen molar-refractivity contribution < 1.29 is 30.3 Å². The third-order valence-corrected chi connectivity index (χ3v) is 4.39. The fraction of sp³-hybridized carbons (Fsp3) is 0.625. The highest BCUT2D eigenvalue weighted by atomic mass is 32.3. The monoisotopic (exact) mass is 333 g/mol. The first-order valence-electron chi connectivity index (χ1n) is 5.19. The van der Waals surface area contributed by atoms with Crippen LogP contribution in [0, 0.1) is 5.92 Å². The Hall–Kier alpha value is -1.30. The first-order valence-corrected chi connectivity index (χ1v) is 7.56. The summed E-state index contributed by atoms with van der Waals surface area (Å²) in [6.07, 6.45) is -4.93. The second-order valence-electron chi connectivity index (χ2n) is 4.17. The van der Waals surface area contributed by atoms with Crippen molar-refractivity contribution >= 4 is 32.6 Å². The summed E-state index contributed by atoms with van der Waals surface area (Å²) in [6, 6.07) is 0. The van der Waals surface area contributed by atoms with Gasteiger partial charge in [0.2, 0.25) is 16.0 Å². The minimum atomic E-state index is -4.75. The van der Waals surface area contributed by atoms with Crippen LogP contribution in [0.1, 0.15) is 11.4 Å². The van der Waals surface area contributed by atoms with Gasteiger partial charge in [0.1, 0.15) is 0 Å². The van der Waals surface area contributed by atoms with Gasteiger partial charge in [-0.2, -0.15) is 21.6 Å². The first-order chi connectivity index (χ1) is 9.06. The molecule has 0 aliphatic carbocycles. The van der Waals surface area contributed by atoms with Crippen molar-refractivity contribution in [1.82, 2.24) is 10.2 Å². The molecular formula is C8H7F4N3O3S2. The van der Waals surface area contributed by atoms with Gasteiger partial charge in [-0.05, 0) is 0 Å². The van der Waals surface area contributed by atoms with Gasteiger partial charge in [0.15, 0.2) is 0 Å². The van der Waals surface area contributed by atoms with E-state index in [0.717, 1.165) is 4.90 Å². The molecule has 0 spiro atoms. The Balaban J connectivity index is 2.14. The molecule has 0 bridgehead atoms. The summed E-state index contributed by atoms with van der Waals surface area (Å²) < 4.78 is 70.6. The first kappa shape index (κ1) is 15.1. The Labute approximate surface area is 114 Å². The fourth-order valence-corrected chi connectivity index (χ4v) is 3.32. The second-order valence-corrected chi connectivity index (χ2v) is 6.53. The molecule has 0 radical (unpaired) electrons. The highest BCUT2D eigenvalue weighted by Gasteiger charge is 2.39. The van der Waals surface area contributed by atoms with Gasteiger partial charge in [-0.15, -0.1) is 14.1 Å². The lowest BCUT2D eigenvalue weighted by Crippen LogP contribution is -2.25. The Morgan fingerprint density at radius 3 is 2.50 bits per heavy atom. The summed E-state index contributed by atoms with van der Waals surface area (Å²) >= 11 is 0.176. The van der Waals surface area contributed by atoms with E-state index < -0.39 is 39.0 Å². The summed E-state index contributed by atoms with van der Waals surface area (Å²) in [5, 5.41) is 4.70. The number of rotatable bonds is 3. The van der Waals surface area contributed by atoms with Crippen LogP contribution in [-0.4, -0.2) is 36.8 Å². The molecule has 1 aromatic heterocycles. The molecule has 1 saturated heterocycles. The predicted molar refractivity (Wildman–Crippen MR) is 60.3 cm³/mol. The van der Waals surface area contributed by atoms with Crippen LogP contribution in [0.3, 0.4) is 0 Å². The molecule has 1 fully saturated rings. The van der Waals surface area contributed by atoms with E-state index in [4.69, 9.17) is 0 Å². The lowest BCUT2D eigenvalue weighted by molar-refractivity contribution is -0.138. The third kappa shape index (κ3) is 3.42. The quantitative estimate of drug-likeness (QED) is 0.613. The minimum Gasteiger partial charge on any atom is -0.286 e. The van der Waals surface area contributed by atoms with Crippen molar-refractivity contribution in [3.8, 4) is 0 Å². The second kappa shape index (κ2) is 4.91. The van der Waals surface area contributed by atoms with E-state index in [0.29, 0.717) is 0 Å². The predicted octanol–water partition coefficient (Wildman–Crippen LogP) is 1.21. The van der Waals surface area contributed by atoms with E-state index >= 15 is 0 Å². The van der Waals surface area contributed by atoms with Crippen LogP contribution in [0.4, 0.5) is 22.2 Å². The lowest BCUT2D eigenvalue weighted by Gasteiger charge is -2.11. The van der Waals surface area contributed by atoms with Crippen LogP contribution >= 0.6 is 11.3 Å². The lowest BCUT2D eigenvalue weighted by atomic mass is 10.1. The fourth-order valence-electron chi connectivity index (χ4n) is 1.80. The maximum absolute atomic E-state index is 12.5. The molecule has 1 amide bonds. The number of carbonyl (C=O) groups is 1. The molecule has 1 aliphatic heterocycles. The van der Waals surface area contributed by atoms with Crippen LogP contribution in [-0.2, 0) is 21.2 Å². The molecule has 1 atom stereocenters. The summed E-state index contributed by atoms with van der Waals surface area (Å²) in [6.45, 7) is -0.200. The van der Waals surface area contributed by atoms with E-state index in [-0.39, 0.29) is 29.4 Å². The zero-order chi connectivity index (χ0) is 15.1. The van der Waals surface area contributed by atoms with Crippen molar-refractivity contribution in [2.75, 3.05) is 17.2 Å². The number of carbonyl (C=O) groups excluding carboxylic acids is 1. The third-order valence-electron chi connectivity index (χ3n) is 2.53. The largest absolute Gasteiger partial charge is 0.445 e. The van der Waals surface area contributed by atoms with Gasteiger partial charge in [-0.25, -0.2) is 0 Å². The van der Waals surface area contributed by atoms with E-state index in [2.05, 4.69) is 10.2 Å². The van der Waals surface area contributed by atoms with Crippen molar-refractivity contribution in [1.29, 1.82) is 0 Å². The number of aromatic nitrogens is 2. The topological polar surface area (TPSA) is 80.2 Å². The van der Waals surface area contributed by atoms with E-state index in [1.807, 2.05) is 0 Å². The summed E-state index contributed by atoms with van der Waals surface area (Å²) in [7, 11) is -4.75. The minimum absolute atomic E-state index is 0.176. The van der Waals surface area contributed by atoms with E-state index in [9.17, 15) is 30.3 Å². The summed E-state index contributed by atoms with van der Waals surface area (Å²) in [5.41, 5.74) is 0. The SMILES string of the molecule is O=C1CC(CS(=O)(=O)F)CN1c1nnc(C(F)(F)F)s1. The summed E-state index contributed by atoms with van der Waals surface area (Å²) in [4.78, 5) is 12.5.